The molecular weight excluding hydrogens is 522 g/mol. The molecule has 0 heterocycles. The van der Waals surface area contributed by atoms with Crippen molar-refractivity contribution in [2.45, 2.75) is 131 Å². The van der Waals surface area contributed by atoms with Crippen LogP contribution in [0.4, 0.5) is 4.79 Å². The number of ether oxygens (including phenoxy) is 1. The van der Waals surface area contributed by atoms with Gasteiger partial charge in [-0.2, -0.15) is 11.8 Å². The summed E-state index contributed by atoms with van der Waals surface area (Å²) in [6.07, 6.45) is 5.21. The van der Waals surface area contributed by atoms with Crippen LogP contribution < -0.4 is 10.6 Å². The molecule has 40 heavy (non-hydrogen) atoms. The smallest absolute Gasteiger partial charge is 0.408 e. The molecule has 0 aliphatic rings. The minimum absolute atomic E-state index is 0.0268. The predicted molar refractivity (Wildman–Crippen MR) is 168 cm³/mol. The quantitative estimate of drug-likeness (QED) is 0.236. The lowest BCUT2D eigenvalue weighted by Crippen LogP contribution is -2.56. The largest absolute Gasteiger partial charge is 0.444 e. The number of nitrogens with zero attached hydrogens (tertiary/aromatic N) is 1. The third-order valence-corrected chi connectivity index (χ3v) is 7.33. The molecule has 3 amide bonds. The van der Waals surface area contributed by atoms with E-state index in [1.807, 2.05) is 46.1 Å². The minimum atomic E-state index is -0.829. The molecule has 0 bridgehead atoms. The van der Waals surface area contributed by atoms with E-state index in [1.54, 1.807) is 37.4 Å². The van der Waals surface area contributed by atoms with Crippen molar-refractivity contribution >= 4 is 29.7 Å². The molecule has 0 saturated carbocycles. The first-order chi connectivity index (χ1) is 18.6. The van der Waals surface area contributed by atoms with E-state index in [4.69, 9.17) is 4.74 Å². The van der Waals surface area contributed by atoms with E-state index in [9.17, 15) is 14.4 Å². The molecule has 0 aromatic heterocycles. The minimum Gasteiger partial charge on any atom is -0.444 e. The molecule has 7 nitrogen and oxygen atoms in total. The monoisotopic (exact) mass is 577 g/mol. The zero-order valence-corrected chi connectivity index (χ0v) is 27.7. The number of rotatable bonds is 15. The zero-order chi connectivity index (χ0) is 30.6. The van der Waals surface area contributed by atoms with E-state index < -0.39 is 23.8 Å². The van der Waals surface area contributed by atoms with Gasteiger partial charge in [-0.25, -0.2) is 4.79 Å². The van der Waals surface area contributed by atoms with Crippen molar-refractivity contribution in [3.8, 4) is 0 Å². The van der Waals surface area contributed by atoms with Gasteiger partial charge in [0.05, 0.1) is 0 Å². The molecule has 4 unspecified atom stereocenters. The first-order valence-corrected chi connectivity index (χ1v) is 16.2. The van der Waals surface area contributed by atoms with E-state index in [0.717, 1.165) is 42.4 Å². The number of carbonyl (C=O) groups excluding carboxylic acids is 3. The fourth-order valence-corrected chi connectivity index (χ4v) is 5.34. The van der Waals surface area contributed by atoms with Crippen molar-refractivity contribution in [2.75, 3.05) is 12.0 Å². The number of thioether (sulfide) groups is 1. The summed E-state index contributed by atoms with van der Waals surface area (Å²) in [4.78, 5) is 43.1. The van der Waals surface area contributed by atoms with Gasteiger partial charge < -0.3 is 20.3 Å². The Balaban J connectivity index is 3.68. The zero-order valence-electron chi connectivity index (χ0n) is 26.8. The van der Waals surface area contributed by atoms with Crippen LogP contribution in [0.3, 0.4) is 0 Å². The van der Waals surface area contributed by atoms with Crippen LogP contribution in [-0.2, 0) is 14.3 Å². The number of hydrogen-bond donors (Lipinski definition) is 2. The second kappa shape index (κ2) is 16.9. The first kappa shape index (κ1) is 35.8. The lowest BCUT2D eigenvalue weighted by atomic mass is 9.94. The maximum absolute atomic E-state index is 14.5. The number of amides is 3. The number of carbonyl (C=O) groups is 3. The van der Waals surface area contributed by atoms with Crippen LogP contribution in [0.5, 0.6) is 0 Å². The van der Waals surface area contributed by atoms with Crippen LogP contribution in [0.2, 0.25) is 0 Å². The standard InChI is InChI=1S/C32H55N3O4S/c1-12-13-24(6)33-29(36)28(26-19-22(4)18-23(5)20-26)35(25(7)15-14-21(2)3)30(37)27(16-17-40-11)34-31(38)39-32(8,9)10/h18-21,24-25,27-28H,12-17H2,1-11H3,(H,33,36)(H,34,38). The van der Waals surface area contributed by atoms with Crippen molar-refractivity contribution in [3.63, 3.8) is 0 Å². The van der Waals surface area contributed by atoms with Crippen LogP contribution in [0.25, 0.3) is 0 Å². The molecule has 1 aromatic rings. The fraction of sp³-hybridized carbons (Fsp3) is 0.719. The van der Waals surface area contributed by atoms with Gasteiger partial charge in [0.2, 0.25) is 11.8 Å². The molecule has 1 aromatic carbocycles. The summed E-state index contributed by atoms with van der Waals surface area (Å²) in [6.45, 7) is 19.8. The summed E-state index contributed by atoms with van der Waals surface area (Å²) < 4.78 is 5.51. The van der Waals surface area contributed by atoms with Gasteiger partial charge in [-0.1, -0.05) is 56.5 Å². The molecule has 0 spiro atoms. The molecule has 1 rings (SSSR count). The molecule has 0 saturated heterocycles. The normalized spacial score (nSPS) is 14.7. The highest BCUT2D eigenvalue weighted by molar-refractivity contribution is 7.98. The molecule has 0 fully saturated rings. The summed E-state index contributed by atoms with van der Waals surface area (Å²) >= 11 is 1.61. The third kappa shape index (κ3) is 12.5. The van der Waals surface area contributed by atoms with E-state index in [2.05, 4.69) is 37.5 Å². The average molecular weight is 578 g/mol. The summed E-state index contributed by atoms with van der Waals surface area (Å²) in [5.74, 6) is 0.661. The number of aryl methyl sites for hydroxylation is 2. The van der Waals surface area contributed by atoms with Gasteiger partial charge in [-0.15, -0.1) is 0 Å². The Kier molecular flexibility index (Phi) is 15.1. The lowest BCUT2D eigenvalue weighted by molar-refractivity contribution is -0.145. The Labute approximate surface area is 248 Å². The number of nitrogens with one attached hydrogen (secondary N) is 2. The Morgan fingerprint density at radius 2 is 1.52 bits per heavy atom. The maximum atomic E-state index is 14.5. The Morgan fingerprint density at radius 3 is 2.02 bits per heavy atom. The van der Waals surface area contributed by atoms with E-state index in [1.165, 1.54) is 0 Å². The molecule has 0 aliphatic heterocycles. The highest BCUT2D eigenvalue weighted by atomic mass is 32.2. The van der Waals surface area contributed by atoms with Crippen molar-refractivity contribution in [3.05, 3.63) is 34.9 Å². The fourth-order valence-electron chi connectivity index (χ4n) is 4.87. The Hall–Kier alpha value is -2.22. The summed E-state index contributed by atoms with van der Waals surface area (Å²) in [5.41, 5.74) is 2.15. The highest BCUT2D eigenvalue weighted by Gasteiger charge is 2.39. The van der Waals surface area contributed by atoms with Gasteiger partial charge in [0, 0.05) is 12.1 Å². The molecule has 0 radical (unpaired) electrons. The first-order valence-electron chi connectivity index (χ1n) is 14.8. The van der Waals surface area contributed by atoms with Crippen LogP contribution >= 0.6 is 11.8 Å². The van der Waals surface area contributed by atoms with Crippen molar-refractivity contribution in [1.29, 1.82) is 0 Å². The van der Waals surface area contributed by atoms with Gasteiger partial charge in [-0.05, 0) is 97.6 Å². The van der Waals surface area contributed by atoms with Crippen molar-refractivity contribution in [1.82, 2.24) is 15.5 Å². The maximum Gasteiger partial charge on any atom is 0.408 e. The van der Waals surface area contributed by atoms with Crippen molar-refractivity contribution in [2.24, 2.45) is 5.92 Å². The summed E-state index contributed by atoms with van der Waals surface area (Å²) in [7, 11) is 0. The topological polar surface area (TPSA) is 87.7 Å². The van der Waals surface area contributed by atoms with E-state index >= 15 is 0 Å². The SMILES string of the molecule is CCCC(C)NC(=O)C(c1cc(C)cc(C)c1)N(C(=O)C(CCSC)NC(=O)OC(C)(C)C)C(C)CCC(C)C. The van der Waals surface area contributed by atoms with E-state index in [0.29, 0.717) is 18.1 Å². The van der Waals surface area contributed by atoms with Gasteiger partial charge >= 0.3 is 6.09 Å². The van der Waals surface area contributed by atoms with Gasteiger partial charge in [0.25, 0.3) is 0 Å². The predicted octanol–water partition coefficient (Wildman–Crippen LogP) is 6.95. The summed E-state index contributed by atoms with van der Waals surface area (Å²) in [6, 6.07) is 4.15. The molecule has 4 atom stereocenters. The molecular formula is C32H55N3O4S. The van der Waals surface area contributed by atoms with E-state index in [-0.39, 0.29) is 23.9 Å². The molecule has 228 valence electrons. The van der Waals surface area contributed by atoms with Crippen LogP contribution in [0, 0.1) is 19.8 Å². The van der Waals surface area contributed by atoms with Crippen LogP contribution in [0.1, 0.15) is 110 Å². The summed E-state index contributed by atoms with van der Waals surface area (Å²) in [5, 5.41) is 6.02. The van der Waals surface area contributed by atoms with Crippen molar-refractivity contribution < 1.29 is 19.1 Å². The molecule has 2 N–H and O–H groups in total. The molecule has 8 heteroatoms. The number of hydrogen-bond acceptors (Lipinski definition) is 5. The van der Waals surface area contributed by atoms with Crippen LogP contribution in [0.15, 0.2) is 18.2 Å². The second-order valence-electron chi connectivity index (χ2n) is 12.6. The molecule has 0 aliphatic carbocycles. The second-order valence-corrected chi connectivity index (χ2v) is 13.6. The lowest BCUT2D eigenvalue weighted by Gasteiger charge is -2.39. The van der Waals surface area contributed by atoms with Gasteiger partial charge in [-0.3, -0.25) is 9.59 Å². The average Bonchev–Trinajstić information content (AvgIpc) is 2.81. The number of alkyl carbamates (subject to hydrolysis) is 1. The highest BCUT2D eigenvalue weighted by Crippen LogP contribution is 2.29. The van der Waals surface area contributed by atoms with Gasteiger partial charge in [0.1, 0.15) is 17.7 Å². The Bertz CT molecular complexity index is 940. The third-order valence-electron chi connectivity index (χ3n) is 6.69. The van der Waals surface area contributed by atoms with Crippen LogP contribution in [-0.4, -0.2) is 58.5 Å². The Morgan fingerprint density at radius 1 is 0.925 bits per heavy atom. The number of benzene rings is 1. The van der Waals surface area contributed by atoms with Gasteiger partial charge in [0.15, 0.2) is 0 Å².